The Morgan fingerprint density at radius 3 is 2.24 bits per heavy atom. The first-order valence-corrected chi connectivity index (χ1v) is 7.82. The largest absolute Gasteiger partial charge is 0.416 e. The summed E-state index contributed by atoms with van der Waals surface area (Å²) in [6.45, 7) is 11.3. The number of halogens is 3. The Morgan fingerprint density at radius 1 is 1.08 bits per heavy atom. The van der Waals surface area contributed by atoms with Crippen LogP contribution < -0.4 is 0 Å². The van der Waals surface area contributed by atoms with Gasteiger partial charge in [-0.15, -0.1) is 0 Å². The molecule has 4 heteroatoms. The number of hydrogen-bond acceptors (Lipinski definition) is 1. The Balaban J connectivity index is 2.33. The molecule has 0 heterocycles. The summed E-state index contributed by atoms with van der Waals surface area (Å²) in [5, 5.41) is 0. The number of nitrogens with zero attached hydrogens (tertiary/aromatic N) is 1. The molecule has 0 aromatic heterocycles. The third-order valence-corrected chi connectivity index (χ3v) is 4.22. The Labute approximate surface area is 146 Å². The molecule has 25 heavy (non-hydrogen) atoms. The van der Waals surface area contributed by atoms with E-state index < -0.39 is 11.7 Å². The minimum absolute atomic E-state index is 0.568. The van der Waals surface area contributed by atoms with Crippen LogP contribution in [0.3, 0.4) is 0 Å². The second kappa shape index (κ2) is 7.51. The monoisotopic (exact) mass is 343 g/mol. The maximum absolute atomic E-state index is 12.7. The number of hydrogen-bond donors (Lipinski definition) is 0. The highest BCUT2D eigenvalue weighted by atomic mass is 19.4. The fraction of sp³-hybridized carbons (Fsp3) is 0.190. The lowest BCUT2D eigenvalue weighted by Crippen LogP contribution is -2.04. The number of aliphatic imine (C=N–C) groups is 1. The second-order valence-corrected chi connectivity index (χ2v) is 5.92. The average Bonchev–Trinajstić information content (AvgIpc) is 2.60. The molecule has 2 rings (SSSR count). The van der Waals surface area contributed by atoms with Gasteiger partial charge in [0.2, 0.25) is 0 Å². The molecule has 2 aromatic carbocycles. The molecule has 0 unspecified atom stereocenters. The van der Waals surface area contributed by atoms with Crippen molar-refractivity contribution in [3.05, 3.63) is 76.9 Å². The molecule has 1 nitrogen and oxygen atoms in total. The van der Waals surface area contributed by atoms with E-state index in [1.807, 2.05) is 32.0 Å². The van der Waals surface area contributed by atoms with Crippen LogP contribution in [0, 0.1) is 0 Å². The molecule has 130 valence electrons. The zero-order chi connectivity index (χ0) is 18.6. The van der Waals surface area contributed by atoms with E-state index in [4.69, 9.17) is 0 Å². The molecule has 0 bridgehead atoms. The molecule has 0 spiro atoms. The van der Waals surface area contributed by atoms with Gasteiger partial charge in [-0.05, 0) is 68.0 Å². The molecule has 0 aliphatic heterocycles. The van der Waals surface area contributed by atoms with Gasteiger partial charge in [0.1, 0.15) is 0 Å². The van der Waals surface area contributed by atoms with E-state index in [-0.39, 0.29) is 0 Å². The summed E-state index contributed by atoms with van der Waals surface area (Å²) in [4.78, 5) is 4.05. The van der Waals surface area contributed by atoms with Gasteiger partial charge in [0.25, 0.3) is 0 Å². The van der Waals surface area contributed by atoms with Crippen LogP contribution in [0.25, 0.3) is 11.6 Å². The van der Waals surface area contributed by atoms with E-state index in [9.17, 15) is 13.2 Å². The van der Waals surface area contributed by atoms with Crippen molar-refractivity contribution in [1.82, 2.24) is 0 Å². The van der Waals surface area contributed by atoms with Crippen LogP contribution in [-0.2, 0) is 12.6 Å². The Bertz CT molecular complexity index is 812. The van der Waals surface area contributed by atoms with Crippen molar-refractivity contribution in [2.75, 3.05) is 0 Å². The van der Waals surface area contributed by atoms with E-state index in [1.165, 1.54) is 12.1 Å². The highest BCUT2D eigenvalue weighted by molar-refractivity contribution is 5.78. The second-order valence-electron chi connectivity index (χ2n) is 5.92. The van der Waals surface area contributed by atoms with Gasteiger partial charge in [-0.25, -0.2) is 0 Å². The first kappa shape index (κ1) is 18.7. The van der Waals surface area contributed by atoms with Gasteiger partial charge >= 0.3 is 6.18 Å². The average molecular weight is 343 g/mol. The summed E-state index contributed by atoms with van der Waals surface area (Å²) < 4.78 is 38.0. The van der Waals surface area contributed by atoms with Crippen molar-refractivity contribution in [2.45, 2.75) is 26.4 Å². The Kier molecular flexibility index (Phi) is 5.62. The lowest BCUT2D eigenvalue weighted by molar-refractivity contribution is -0.137. The molecule has 0 radical (unpaired) electrons. The predicted octanol–water partition coefficient (Wildman–Crippen LogP) is 6.72. The third kappa shape index (κ3) is 4.47. The summed E-state index contributed by atoms with van der Waals surface area (Å²) in [5.41, 5.74) is 5.00. The van der Waals surface area contributed by atoms with Crippen LogP contribution in [-0.4, -0.2) is 6.72 Å². The van der Waals surface area contributed by atoms with Crippen molar-refractivity contribution >= 4 is 24.1 Å². The maximum Gasteiger partial charge on any atom is 0.416 e. The maximum atomic E-state index is 12.7. The van der Waals surface area contributed by atoms with Gasteiger partial charge in [-0.1, -0.05) is 36.4 Å². The molecule has 0 saturated carbocycles. The van der Waals surface area contributed by atoms with Crippen LogP contribution in [0.1, 0.15) is 36.1 Å². The summed E-state index contributed by atoms with van der Waals surface area (Å²) in [5.74, 6) is 0. The number of alkyl halides is 3. The molecule has 0 aliphatic carbocycles. The molecule has 0 aliphatic rings. The summed E-state index contributed by atoms with van der Waals surface area (Å²) >= 11 is 0. The number of benzene rings is 2. The predicted molar refractivity (Wildman–Crippen MR) is 99.2 cm³/mol. The van der Waals surface area contributed by atoms with E-state index in [0.29, 0.717) is 6.42 Å². The SMILES string of the molecule is C=Cc1ccc(N=C)c(/C(C)=C(\C)Cc2ccc(C(F)(F)F)cc2)c1. The molecule has 0 atom stereocenters. The van der Waals surface area contributed by atoms with Gasteiger partial charge in [-0.2, -0.15) is 13.2 Å². The van der Waals surface area contributed by atoms with Crippen LogP contribution in [0.4, 0.5) is 18.9 Å². The minimum Gasteiger partial charge on any atom is -0.264 e. The Hall–Kier alpha value is -2.62. The van der Waals surface area contributed by atoms with Crippen molar-refractivity contribution in [1.29, 1.82) is 0 Å². The first-order valence-electron chi connectivity index (χ1n) is 7.82. The van der Waals surface area contributed by atoms with Gasteiger partial charge < -0.3 is 0 Å². The van der Waals surface area contributed by atoms with Gasteiger partial charge in [-0.3, -0.25) is 4.99 Å². The fourth-order valence-electron chi connectivity index (χ4n) is 2.60. The molecular weight excluding hydrogens is 323 g/mol. The summed E-state index contributed by atoms with van der Waals surface area (Å²) in [7, 11) is 0. The topological polar surface area (TPSA) is 12.4 Å². The third-order valence-electron chi connectivity index (χ3n) is 4.22. The number of rotatable bonds is 5. The van der Waals surface area contributed by atoms with Crippen molar-refractivity contribution in [3.63, 3.8) is 0 Å². The zero-order valence-corrected chi connectivity index (χ0v) is 14.3. The van der Waals surface area contributed by atoms with Crippen LogP contribution in [0.5, 0.6) is 0 Å². The lowest BCUT2D eigenvalue weighted by atomic mass is 9.94. The van der Waals surface area contributed by atoms with Crippen molar-refractivity contribution < 1.29 is 13.2 Å². The molecule has 0 amide bonds. The number of allylic oxidation sites excluding steroid dienone is 2. The molecule has 0 fully saturated rings. The highest BCUT2D eigenvalue weighted by Crippen LogP contribution is 2.32. The first-order chi connectivity index (χ1) is 11.8. The van der Waals surface area contributed by atoms with E-state index in [1.54, 1.807) is 6.08 Å². The molecular formula is C21H20F3N. The zero-order valence-electron chi connectivity index (χ0n) is 14.3. The van der Waals surface area contributed by atoms with E-state index in [2.05, 4.69) is 18.3 Å². The van der Waals surface area contributed by atoms with Crippen molar-refractivity contribution in [2.24, 2.45) is 4.99 Å². The quantitative estimate of drug-likeness (QED) is 0.535. The van der Waals surface area contributed by atoms with Gasteiger partial charge in [0.05, 0.1) is 11.3 Å². The standard InChI is InChI=1S/C21H20F3N/c1-5-16-8-11-20(25-4)19(13-16)15(3)14(2)12-17-6-9-18(10-7-17)21(22,23)24/h5-11,13H,1,4,12H2,2-3H3/b15-14+. The van der Waals surface area contributed by atoms with Crippen LogP contribution in [0.2, 0.25) is 0 Å². The minimum atomic E-state index is -4.31. The molecule has 2 aromatic rings. The summed E-state index contributed by atoms with van der Waals surface area (Å²) in [6.07, 6.45) is -1.98. The van der Waals surface area contributed by atoms with Crippen molar-refractivity contribution in [3.8, 4) is 0 Å². The van der Waals surface area contributed by atoms with Gasteiger partial charge in [0, 0.05) is 5.56 Å². The fourth-order valence-corrected chi connectivity index (χ4v) is 2.60. The highest BCUT2D eigenvalue weighted by Gasteiger charge is 2.29. The molecule has 0 saturated heterocycles. The van der Waals surface area contributed by atoms with Crippen LogP contribution in [0.15, 0.2) is 59.6 Å². The van der Waals surface area contributed by atoms with E-state index in [0.717, 1.165) is 45.7 Å². The normalized spacial score (nSPS) is 12.5. The van der Waals surface area contributed by atoms with Gasteiger partial charge in [0.15, 0.2) is 0 Å². The lowest BCUT2D eigenvalue weighted by Gasteiger charge is -2.13. The molecule has 0 N–H and O–H groups in total. The Morgan fingerprint density at radius 2 is 1.72 bits per heavy atom. The smallest absolute Gasteiger partial charge is 0.264 e. The van der Waals surface area contributed by atoms with Crippen LogP contribution >= 0.6 is 0 Å². The summed E-state index contributed by atoms with van der Waals surface area (Å²) in [6, 6.07) is 11.1. The van der Waals surface area contributed by atoms with E-state index >= 15 is 0 Å².